The SMILES string of the molecule is CCCCCC1OCC(C#CC#Cc2ccc(CCC)cc2)CO1. The molecule has 0 aromatic heterocycles. The highest BCUT2D eigenvalue weighted by atomic mass is 16.7. The Kier molecular flexibility index (Phi) is 8.47. The van der Waals surface area contributed by atoms with Gasteiger partial charge in [0.25, 0.3) is 0 Å². The molecule has 0 unspecified atom stereocenters. The van der Waals surface area contributed by atoms with Crippen molar-refractivity contribution in [3.05, 3.63) is 35.4 Å². The molecule has 2 rings (SSSR count). The van der Waals surface area contributed by atoms with E-state index in [4.69, 9.17) is 9.47 Å². The molecule has 1 aliphatic heterocycles. The van der Waals surface area contributed by atoms with Crippen molar-refractivity contribution < 1.29 is 9.47 Å². The Morgan fingerprint density at radius 1 is 0.958 bits per heavy atom. The second kappa shape index (κ2) is 10.9. The third kappa shape index (κ3) is 6.79. The van der Waals surface area contributed by atoms with Gasteiger partial charge in [0.1, 0.15) is 0 Å². The van der Waals surface area contributed by atoms with Gasteiger partial charge in [0.2, 0.25) is 0 Å². The van der Waals surface area contributed by atoms with E-state index >= 15 is 0 Å². The molecule has 1 aromatic rings. The third-order valence-electron chi connectivity index (χ3n) is 4.05. The molecule has 0 atom stereocenters. The first-order chi connectivity index (χ1) is 11.8. The molecule has 128 valence electrons. The second-order valence-corrected chi connectivity index (χ2v) is 6.26. The van der Waals surface area contributed by atoms with Crippen LogP contribution in [0.5, 0.6) is 0 Å². The standard InChI is InChI=1S/C22H28O2/c1-3-5-6-12-22-23-17-21(18-24-22)11-8-7-10-20-15-13-19(9-4-2)14-16-20/h13-16,21-22H,3-6,9,12,17-18H2,1-2H3. The number of ether oxygens (including phenoxy) is 2. The molecule has 0 N–H and O–H groups in total. The number of unbranched alkanes of at least 4 members (excludes halogenated alkanes) is 2. The van der Waals surface area contributed by atoms with Gasteiger partial charge in [-0.25, -0.2) is 0 Å². The Bertz CT molecular complexity index is 587. The molecule has 2 heteroatoms. The minimum atomic E-state index is -0.0395. The molecule has 2 nitrogen and oxygen atoms in total. The van der Waals surface area contributed by atoms with Crippen LogP contribution in [0.25, 0.3) is 0 Å². The number of benzene rings is 1. The Labute approximate surface area is 146 Å². The highest BCUT2D eigenvalue weighted by Crippen LogP contribution is 2.15. The fourth-order valence-electron chi connectivity index (χ4n) is 2.64. The summed E-state index contributed by atoms with van der Waals surface area (Å²) in [6.45, 7) is 5.69. The van der Waals surface area contributed by atoms with Crippen LogP contribution in [0.1, 0.15) is 57.1 Å². The van der Waals surface area contributed by atoms with Crippen LogP contribution in [-0.4, -0.2) is 19.5 Å². The van der Waals surface area contributed by atoms with E-state index in [1.54, 1.807) is 0 Å². The molecule has 24 heavy (non-hydrogen) atoms. The third-order valence-corrected chi connectivity index (χ3v) is 4.05. The summed E-state index contributed by atoms with van der Waals surface area (Å²) < 4.78 is 11.4. The molecular formula is C22H28O2. The molecule has 1 aromatic carbocycles. The van der Waals surface area contributed by atoms with Crippen LogP contribution in [0.3, 0.4) is 0 Å². The number of hydrogen-bond acceptors (Lipinski definition) is 2. The van der Waals surface area contributed by atoms with Gasteiger partial charge >= 0.3 is 0 Å². The van der Waals surface area contributed by atoms with Gasteiger partial charge in [0, 0.05) is 5.56 Å². The first-order valence-electron chi connectivity index (χ1n) is 9.15. The normalized spacial score (nSPS) is 19.8. The second-order valence-electron chi connectivity index (χ2n) is 6.26. The summed E-state index contributed by atoms with van der Waals surface area (Å²) in [5.74, 6) is 12.2. The molecule has 1 fully saturated rings. The van der Waals surface area contributed by atoms with Gasteiger partial charge in [-0.15, -0.1) is 0 Å². The average Bonchev–Trinajstić information content (AvgIpc) is 2.62. The van der Waals surface area contributed by atoms with Crippen molar-refractivity contribution in [3.63, 3.8) is 0 Å². The van der Waals surface area contributed by atoms with Crippen LogP contribution >= 0.6 is 0 Å². The van der Waals surface area contributed by atoms with Crippen LogP contribution < -0.4 is 0 Å². The van der Waals surface area contributed by atoms with Gasteiger partial charge in [-0.3, -0.25) is 0 Å². The largest absolute Gasteiger partial charge is 0.351 e. The summed E-state index contributed by atoms with van der Waals surface area (Å²) in [6, 6.07) is 8.41. The van der Waals surface area contributed by atoms with E-state index in [1.165, 1.54) is 31.2 Å². The Morgan fingerprint density at radius 2 is 1.71 bits per heavy atom. The number of aryl methyl sites for hydroxylation is 1. The predicted octanol–water partition coefficient (Wildman–Crippen LogP) is 4.56. The molecule has 0 bridgehead atoms. The summed E-state index contributed by atoms with van der Waals surface area (Å²) in [4.78, 5) is 0. The molecule has 0 aliphatic carbocycles. The van der Waals surface area contributed by atoms with Crippen LogP contribution in [-0.2, 0) is 15.9 Å². The van der Waals surface area contributed by atoms with Crippen molar-refractivity contribution in [1.29, 1.82) is 0 Å². The Balaban J connectivity index is 1.74. The summed E-state index contributed by atoms with van der Waals surface area (Å²) in [7, 11) is 0. The minimum absolute atomic E-state index is 0.0395. The van der Waals surface area contributed by atoms with Crippen molar-refractivity contribution in [2.24, 2.45) is 5.92 Å². The highest BCUT2D eigenvalue weighted by Gasteiger charge is 2.20. The van der Waals surface area contributed by atoms with E-state index in [0.717, 1.165) is 18.4 Å². The zero-order valence-corrected chi connectivity index (χ0v) is 14.9. The molecule has 0 spiro atoms. The van der Waals surface area contributed by atoms with Crippen LogP contribution in [0.4, 0.5) is 0 Å². The summed E-state index contributed by atoms with van der Waals surface area (Å²) >= 11 is 0. The van der Waals surface area contributed by atoms with Crippen molar-refractivity contribution in [2.75, 3.05) is 13.2 Å². The first kappa shape index (κ1) is 18.6. The predicted molar refractivity (Wildman–Crippen MR) is 98.4 cm³/mol. The minimum Gasteiger partial charge on any atom is -0.351 e. The van der Waals surface area contributed by atoms with Crippen LogP contribution in [0.15, 0.2) is 24.3 Å². The monoisotopic (exact) mass is 324 g/mol. The molecular weight excluding hydrogens is 296 g/mol. The van der Waals surface area contributed by atoms with E-state index in [2.05, 4.69) is 61.8 Å². The average molecular weight is 324 g/mol. The summed E-state index contributed by atoms with van der Waals surface area (Å²) in [5.41, 5.74) is 2.37. The fourth-order valence-corrected chi connectivity index (χ4v) is 2.64. The molecule has 0 amide bonds. The van der Waals surface area contributed by atoms with E-state index < -0.39 is 0 Å². The smallest absolute Gasteiger partial charge is 0.157 e. The summed E-state index contributed by atoms with van der Waals surface area (Å²) in [6.07, 6.45) is 6.86. The van der Waals surface area contributed by atoms with Crippen molar-refractivity contribution >= 4 is 0 Å². The van der Waals surface area contributed by atoms with Crippen LogP contribution in [0.2, 0.25) is 0 Å². The fraction of sp³-hybridized carbons (Fsp3) is 0.545. The van der Waals surface area contributed by atoms with E-state index in [0.29, 0.717) is 13.2 Å². The van der Waals surface area contributed by atoms with Crippen molar-refractivity contribution in [2.45, 2.75) is 58.7 Å². The highest BCUT2D eigenvalue weighted by molar-refractivity contribution is 5.41. The lowest BCUT2D eigenvalue weighted by atomic mass is 10.1. The zero-order valence-electron chi connectivity index (χ0n) is 14.9. The van der Waals surface area contributed by atoms with E-state index in [9.17, 15) is 0 Å². The summed E-state index contributed by atoms with van der Waals surface area (Å²) in [5, 5.41) is 0. The Morgan fingerprint density at radius 3 is 2.38 bits per heavy atom. The van der Waals surface area contributed by atoms with Crippen molar-refractivity contribution in [3.8, 4) is 23.7 Å². The van der Waals surface area contributed by atoms with Gasteiger partial charge in [-0.1, -0.05) is 57.1 Å². The van der Waals surface area contributed by atoms with E-state index in [-0.39, 0.29) is 12.2 Å². The van der Waals surface area contributed by atoms with Crippen molar-refractivity contribution in [1.82, 2.24) is 0 Å². The first-order valence-corrected chi connectivity index (χ1v) is 9.15. The van der Waals surface area contributed by atoms with Gasteiger partial charge in [0.05, 0.1) is 19.1 Å². The topological polar surface area (TPSA) is 18.5 Å². The van der Waals surface area contributed by atoms with Gasteiger partial charge in [0.15, 0.2) is 6.29 Å². The maximum Gasteiger partial charge on any atom is 0.157 e. The van der Waals surface area contributed by atoms with E-state index in [1.807, 2.05) is 0 Å². The molecule has 0 saturated carbocycles. The maximum absolute atomic E-state index is 5.72. The molecule has 1 heterocycles. The lowest BCUT2D eigenvalue weighted by Crippen LogP contribution is -2.31. The maximum atomic E-state index is 5.72. The lowest BCUT2D eigenvalue weighted by molar-refractivity contribution is -0.194. The molecule has 1 aliphatic rings. The molecule has 0 radical (unpaired) electrons. The zero-order chi connectivity index (χ0) is 17.0. The molecule has 1 saturated heterocycles. The number of rotatable bonds is 6. The van der Waals surface area contributed by atoms with Gasteiger partial charge < -0.3 is 9.47 Å². The Hall–Kier alpha value is -1.74. The number of hydrogen-bond donors (Lipinski definition) is 0. The quantitative estimate of drug-likeness (QED) is 0.564. The van der Waals surface area contributed by atoms with Crippen LogP contribution in [0, 0.1) is 29.6 Å². The van der Waals surface area contributed by atoms with Gasteiger partial charge in [-0.05, 0) is 48.8 Å². The lowest BCUT2D eigenvalue weighted by Gasteiger charge is -2.26. The van der Waals surface area contributed by atoms with Gasteiger partial charge in [-0.2, -0.15) is 0 Å².